The van der Waals surface area contributed by atoms with Gasteiger partial charge < -0.3 is 4.74 Å². The van der Waals surface area contributed by atoms with Crippen LogP contribution < -0.4 is 0 Å². The zero-order chi connectivity index (χ0) is 11.7. The van der Waals surface area contributed by atoms with Crippen LogP contribution in [0.3, 0.4) is 0 Å². The molecule has 0 aliphatic rings. The number of carbonyl (C=O) groups excluding carboxylic acids is 1. The van der Waals surface area contributed by atoms with E-state index in [1.54, 1.807) is 18.3 Å². The van der Waals surface area contributed by atoms with Crippen LogP contribution in [0.2, 0.25) is 0 Å². The number of fused-ring (bicyclic) bond motifs is 1. The number of esters is 1. The zero-order valence-electron chi connectivity index (χ0n) is 8.82. The Kier molecular flexibility index (Phi) is 2.87. The number of nitrogens with zero attached hydrogens (tertiary/aromatic N) is 2. The number of methoxy groups -OCH3 is 1. The fourth-order valence-corrected chi connectivity index (χ4v) is 1.84. The number of hydrogen-bond acceptors (Lipinski definition) is 4. The van der Waals surface area contributed by atoms with Gasteiger partial charge in [0.15, 0.2) is 0 Å². The highest BCUT2D eigenvalue weighted by Crippen LogP contribution is 2.24. The summed E-state index contributed by atoms with van der Waals surface area (Å²) in [6.45, 7) is 1.85. The second-order valence-corrected chi connectivity index (χ2v) is 4.15. The van der Waals surface area contributed by atoms with Crippen molar-refractivity contribution < 1.29 is 9.53 Å². The van der Waals surface area contributed by atoms with Crippen molar-refractivity contribution in [3.63, 3.8) is 0 Å². The van der Waals surface area contributed by atoms with Crippen LogP contribution in [-0.4, -0.2) is 23.0 Å². The lowest BCUT2D eigenvalue weighted by atomic mass is 10.1. The third-order valence-corrected chi connectivity index (χ3v) is 2.82. The molecule has 0 fully saturated rings. The van der Waals surface area contributed by atoms with E-state index in [0.717, 1.165) is 10.2 Å². The molecule has 0 aliphatic carbocycles. The van der Waals surface area contributed by atoms with Crippen LogP contribution >= 0.6 is 15.9 Å². The molecule has 0 bridgehead atoms. The van der Waals surface area contributed by atoms with E-state index in [-0.39, 0.29) is 0 Å². The Hall–Kier alpha value is -1.49. The van der Waals surface area contributed by atoms with Gasteiger partial charge in [-0.05, 0) is 35.0 Å². The first-order valence-corrected chi connectivity index (χ1v) is 5.43. The predicted octanol–water partition coefficient (Wildman–Crippen LogP) is 2.49. The van der Waals surface area contributed by atoms with Crippen molar-refractivity contribution in [2.45, 2.75) is 6.92 Å². The van der Waals surface area contributed by atoms with E-state index in [2.05, 4.69) is 25.9 Å². The van der Waals surface area contributed by atoms with Gasteiger partial charge in [0, 0.05) is 10.7 Å². The third-order valence-electron chi connectivity index (χ3n) is 2.18. The maximum absolute atomic E-state index is 11.5. The summed E-state index contributed by atoms with van der Waals surface area (Å²) < 4.78 is 5.50. The average Bonchev–Trinajstić information content (AvgIpc) is 2.29. The van der Waals surface area contributed by atoms with Crippen molar-refractivity contribution in [2.75, 3.05) is 7.11 Å². The van der Waals surface area contributed by atoms with Gasteiger partial charge in [-0.3, -0.25) is 4.98 Å². The standard InChI is InChI=1S/C11H9BrN2O2/c1-6-5-13-9-7(11(15)16-2)3-4-8(12)10(9)14-6/h3-5H,1-2H3. The minimum atomic E-state index is -0.407. The van der Waals surface area contributed by atoms with Gasteiger partial charge >= 0.3 is 5.97 Å². The molecular weight excluding hydrogens is 272 g/mol. The maximum Gasteiger partial charge on any atom is 0.340 e. The Morgan fingerprint density at radius 1 is 1.38 bits per heavy atom. The minimum Gasteiger partial charge on any atom is -0.465 e. The number of benzene rings is 1. The van der Waals surface area contributed by atoms with E-state index in [9.17, 15) is 4.79 Å². The van der Waals surface area contributed by atoms with Crippen LogP contribution in [0, 0.1) is 6.92 Å². The van der Waals surface area contributed by atoms with Crippen molar-refractivity contribution in [2.24, 2.45) is 0 Å². The molecule has 0 amide bonds. The van der Waals surface area contributed by atoms with Gasteiger partial charge in [0.2, 0.25) is 0 Å². The van der Waals surface area contributed by atoms with Gasteiger partial charge in [-0.1, -0.05) is 0 Å². The first-order valence-electron chi connectivity index (χ1n) is 4.63. The highest BCUT2D eigenvalue weighted by atomic mass is 79.9. The van der Waals surface area contributed by atoms with E-state index in [0.29, 0.717) is 16.6 Å². The maximum atomic E-state index is 11.5. The molecule has 2 aromatic rings. The Morgan fingerprint density at radius 2 is 2.12 bits per heavy atom. The van der Waals surface area contributed by atoms with Crippen molar-refractivity contribution in [1.82, 2.24) is 9.97 Å². The quantitative estimate of drug-likeness (QED) is 0.753. The molecule has 4 nitrogen and oxygen atoms in total. The Balaban J connectivity index is 2.79. The van der Waals surface area contributed by atoms with E-state index >= 15 is 0 Å². The Bertz CT molecular complexity index is 569. The van der Waals surface area contributed by atoms with Crippen LogP contribution in [0.5, 0.6) is 0 Å². The number of hydrogen-bond donors (Lipinski definition) is 0. The number of aromatic nitrogens is 2. The second kappa shape index (κ2) is 4.17. The fourth-order valence-electron chi connectivity index (χ4n) is 1.43. The average molecular weight is 281 g/mol. The summed E-state index contributed by atoms with van der Waals surface area (Å²) in [6, 6.07) is 3.44. The van der Waals surface area contributed by atoms with Crippen LogP contribution in [0.15, 0.2) is 22.8 Å². The molecule has 0 saturated heterocycles. The largest absolute Gasteiger partial charge is 0.465 e. The van der Waals surface area contributed by atoms with Gasteiger partial charge in [0.25, 0.3) is 0 Å². The van der Waals surface area contributed by atoms with Gasteiger partial charge in [-0.15, -0.1) is 0 Å². The summed E-state index contributed by atoms with van der Waals surface area (Å²) in [7, 11) is 1.35. The normalized spacial score (nSPS) is 10.4. The molecule has 0 unspecified atom stereocenters. The van der Waals surface area contributed by atoms with Gasteiger partial charge in [-0.25, -0.2) is 9.78 Å². The van der Waals surface area contributed by atoms with E-state index in [4.69, 9.17) is 4.74 Å². The summed E-state index contributed by atoms with van der Waals surface area (Å²) in [5.74, 6) is -0.407. The molecule has 1 aromatic carbocycles. The zero-order valence-corrected chi connectivity index (χ0v) is 10.4. The number of aryl methyl sites for hydroxylation is 1. The lowest BCUT2D eigenvalue weighted by Crippen LogP contribution is -2.04. The lowest BCUT2D eigenvalue weighted by molar-refractivity contribution is 0.0602. The van der Waals surface area contributed by atoms with E-state index in [1.165, 1.54) is 7.11 Å². The minimum absolute atomic E-state index is 0.407. The van der Waals surface area contributed by atoms with Crippen molar-refractivity contribution >= 4 is 32.9 Å². The molecule has 5 heteroatoms. The second-order valence-electron chi connectivity index (χ2n) is 3.30. The molecule has 1 heterocycles. The van der Waals surface area contributed by atoms with Crippen LogP contribution in [0.25, 0.3) is 11.0 Å². The topological polar surface area (TPSA) is 52.1 Å². The molecule has 82 valence electrons. The van der Waals surface area contributed by atoms with Gasteiger partial charge in [0.05, 0.1) is 18.4 Å². The fraction of sp³-hybridized carbons (Fsp3) is 0.182. The first kappa shape index (κ1) is 11.0. The Labute approximate surface area is 101 Å². The summed E-state index contributed by atoms with van der Waals surface area (Å²) in [6.07, 6.45) is 1.63. The summed E-state index contributed by atoms with van der Waals surface area (Å²) in [5, 5.41) is 0. The molecule has 0 spiro atoms. The van der Waals surface area contributed by atoms with Gasteiger partial charge in [0.1, 0.15) is 11.0 Å². The lowest BCUT2D eigenvalue weighted by Gasteiger charge is -2.05. The number of halogens is 1. The third kappa shape index (κ3) is 1.78. The highest BCUT2D eigenvalue weighted by Gasteiger charge is 2.14. The van der Waals surface area contributed by atoms with Crippen LogP contribution in [0.4, 0.5) is 0 Å². The summed E-state index contributed by atoms with van der Waals surface area (Å²) in [4.78, 5) is 20.1. The monoisotopic (exact) mass is 280 g/mol. The predicted molar refractivity (Wildman–Crippen MR) is 63.3 cm³/mol. The Morgan fingerprint density at radius 3 is 2.81 bits per heavy atom. The molecule has 16 heavy (non-hydrogen) atoms. The smallest absolute Gasteiger partial charge is 0.340 e. The highest BCUT2D eigenvalue weighted by molar-refractivity contribution is 9.10. The number of carbonyl (C=O) groups is 1. The van der Waals surface area contributed by atoms with Crippen molar-refractivity contribution in [3.05, 3.63) is 34.1 Å². The first-order chi connectivity index (χ1) is 7.63. The molecule has 0 saturated carbocycles. The number of ether oxygens (including phenoxy) is 1. The molecular formula is C11H9BrN2O2. The molecule has 0 N–H and O–H groups in total. The van der Waals surface area contributed by atoms with E-state index < -0.39 is 5.97 Å². The van der Waals surface area contributed by atoms with Crippen molar-refractivity contribution in [1.29, 1.82) is 0 Å². The summed E-state index contributed by atoms with van der Waals surface area (Å²) in [5.41, 5.74) is 2.44. The van der Waals surface area contributed by atoms with Crippen molar-refractivity contribution in [3.8, 4) is 0 Å². The van der Waals surface area contributed by atoms with Gasteiger partial charge in [-0.2, -0.15) is 0 Å². The molecule has 0 radical (unpaired) electrons. The van der Waals surface area contributed by atoms with Crippen LogP contribution in [-0.2, 0) is 4.74 Å². The molecule has 1 aromatic heterocycles. The molecule has 0 atom stereocenters. The van der Waals surface area contributed by atoms with E-state index in [1.807, 2.05) is 6.92 Å². The molecule has 2 rings (SSSR count). The summed E-state index contributed by atoms with van der Waals surface area (Å²) >= 11 is 3.38. The van der Waals surface area contributed by atoms with Crippen LogP contribution in [0.1, 0.15) is 16.1 Å². The molecule has 0 aliphatic heterocycles. The number of rotatable bonds is 1. The SMILES string of the molecule is COC(=O)c1ccc(Br)c2nc(C)cnc12.